The van der Waals surface area contributed by atoms with Crippen molar-refractivity contribution in [3.63, 3.8) is 0 Å². The van der Waals surface area contributed by atoms with Crippen molar-refractivity contribution in [2.45, 2.75) is 52.7 Å². The zero-order valence-corrected chi connectivity index (χ0v) is 12.2. The quantitative estimate of drug-likeness (QED) is 0.768. The first kappa shape index (κ1) is 15.1. The van der Waals surface area contributed by atoms with Gasteiger partial charge in [-0.15, -0.1) is 0 Å². The number of hydrogen-bond donors (Lipinski definition) is 1. The molecule has 0 saturated heterocycles. The first-order chi connectivity index (χ1) is 8.63. The summed E-state index contributed by atoms with van der Waals surface area (Å²) >= 11 is 0. The van der Waals surface area contributed by atoms with Gasteiger partial charge in [0.15, 0.2) is 0 Å². The molecule has 0 saturated carbocycles. The molecule has 3 heteroatoms. The lowest BCUT2D eigenvalue weighted by Gasteiger charge is -2.27. The molecule has 0 aliphatic heterocycles. The minimum atomic E-state index is 0.572. The molecule has 3 nitrogen and oxygen atoms in total. The van der Waals surface area contributed by atoms with Crippen molar-refractivity contribution in [1.82, 2.24) is 15.2 Å². The molecule has 0 aromatic carbocycles. The van der Waals surface area contributed by atoms with Crippen LogP contribution in [-0.4, -0.2) is 35.1 Å². The van der Waals surface area contributed by atoms with E-state index in [4.69, 9.17) is 0 Å². The Bertz CT molecular complexity index is 311. The van der Waals surface area contributed by atoms with Crippen molar-refractivity contribution in [1.29, 1.82) is 0 Å². The first-order valence-corrected chi connectivity index (χ1v) is 7.00. The number of nitrogens with one attached hydrogen (secondary N) is 1. The maximum atomic E-state index is 4.40. The van der Waals surface area contributed by atoms with Gasteiger partial charge in [0.05, 0.1) is 5.69 Å². The predicted molar refractivity (Wildman–Crippen MR) is 77.5 cm³/mol. The highest BCUT2D eigenvalue weighted by Crippen LogP contribution is 2.08. The predicted octanol–water partition coefficient (Wildman–Crippen LogP) is 2.68. The van der Waals surface area contributed by atoms with Crippen LogP contribution in [0.2, 0.25) is 0 Å². The van der Waals surface area contributed by atoms with Gasteiger partial charge in [-0.1, -0.05) is 26.8 Å². The summed E-state index contributed by atoms with van der Waals surface area (Å²) in [5.74, 6) is 0. The van der Waals surface area contributed by atoms with Crippen molar-refractivity contribution in [3.05, 3.63) is 30.1 Å². The topological polar surface area (TPSA) is 28.2 Å². The molecule has 0 amide bonds. The highest BCUT2D eigenvalue weighted by Gasteiger charge is 2.12. The van der Waals surface area contributed by atoms with E-state index in [0.29, 0.717) is 12.1 Å². The second kappa shape index (κ2) is 8.22. The molecule has 1 aromatic heterocycles. The van der Waals surface area contributed by atoms with Crippen LogP contribution in [0.5, 0.6) is 0 Å². The van der Waals surface area contributed by atoms with Crippen LogP contribution in [0.4, 0.5) is 0 Å². The summed E-state index contributed by atoms with van der Waals surface area (Å²) in [5.41, 5.74) is 1.16. The van der Waals surface area contributed by atoms with E-state index in [1.54, 1.807) is 0 Å². The Labute approximate surface area is 112 Å². The van der Waals surface area contributed by atoms with Crippen LogP contribution in [-0.2, 0) is 6.54 Å². The van der Waals surface area contributed by atoms with Crippen LogP contribution < -0.4 is 5.32 Å². The molecule has 1 N–H and O–H groups in total. The average molecular weight is 249 g/mol. The van der Waals surface area contributed by atoms with Crippen LogP contribution in [0.15, 0.2) is 24.4 Å². The van der Waals surface area contributed by atoms with Gasteiger partial charge in [-0.2, -0.15) is 0 Å². The summed E-state index contributed by atoms with van der Waals surface area (Å²) in [5, 5.41) is 3.48. The molecule has 0 fully saturated rings. The second-order valence-corrected chi connectivity index (χ2v) is 5.13. The zero-order valence-electron chi connectivity index (χ0n) is 12.2. The Balaban J connectivity index is 2.40. The van der Waals surface area contributed by atoms with Crippen molar-refractivity contribution < 1.29 is 0 Å². The van der Waals surface area contributed by atoms with Crippen LogP contribution in [0.3, 0.4) is 0 Å². The Kier molecular flexibility index (Phi) is 6.91. The Morgan fingerprint density at radius 2 is 2.06 bits per heavy atom. The monoisotopic (exact) mass is 249 g/mol. The normalized spacial score (nSPS) is 13.2. The lowest BCUT2D eigenvalue weighted by atomic mass is 10.2. The molecule has 1 atom stereocenters. The molecular formula is C15H27N3. The third-order valence-electron chi connectivity index (χ3n) is 3.24. The standard InChI is InChI=1S/C15H27N3/c1-5-18(12-15-8-6-7-10-17-15)14(4)9-11-16-13(2)3/h6-8,10,13-14,16H,5,9,11-12H2,1-4H3. The molecule has 0 bridgehead atoms. The summed E-state index contributed by atoms with van der Waals surface area (Å²) in [6, 6.07) is 7.28. The molecule has 1 aromatic rings. The Morgan fingerprint density at radius 3 is 2.61 bits per heavy atom. The number of aromatic nitrogens is 1. The van der Waals surface area contributed by atoms with E-state index in [2.05, 4.69) is 55.0 Å². The lowest BCUT2D eigenvalue weighted by Crippen LogP contribution is -2.36. The van der Waals surface area contributed by atoms with Gasteiger partial charge < -0.3 is 5.32 Å². The van der Waals surface area contributed by atoms with Crippen LogP contribution >= 0.6 is 0 Å². The van der Waals surface area contributed by atoms with Gasteiger partial charge in [-0.05, 0) is 38.6 Å². The molecule has 1 heterocycles. The molecule has 1 rings (SSSR count). The average Bonchev–Trinajstić information content (AvgIpc) is 2.36. The zero-order chi connectivity index (χ0) is 13.4. The van der Waals surface area contributed by atoms with Gasteiger partial charge in [-0.3, -0.25) is 9.88 Å². The van der Waals surface area contributed by atoms with Gasteiger partial charge in [0.1, 0.15) is 0 Å². The van der Waals surface area contributed by atoms with Gasteiger partial charge in [-0.25, -0.2) is 0 Å². The van der Waals surface area contributed by atoms with Gasteiger partial charge in [0, 0.05) is 24.8 Å². The molecule has 0 radical (unpaired) electrons. The maximum absolute atomic E-state index is 4.40. The highest BCUT2D eigenvalue weighted by atomic mass is 15.2. The molecule has 0 spiro atoms. The fourth-order valence-corrected chi connectivity index (χ4v) is 2.04. The summed E-state index contributed by atoms with van der Waals surface area (Å²) in [6.45, 7) is 12.0. The number of rotatable bonds is 8. The number of nitrogens with zero attached hydrogens (tertiary/aromatic N) is 2. The van der Waals surface area contributed by atoms with Crippen molar-refractivity contribution in [3.8, 4) is 0 Å². The van der Waals surface area contributed by atoms with Crippen molar-refractivity contribution in [2.75, 3.05) is 13.1 Å². The van der Waals surface area contributed by atoms with Gasteiger partial charge >= 0.3 is 0 Å². The number of pyridine rings is 1. The number of hydrogen-bond acceptors (Lipinski definition) is 3. The van der Waals surface area contributed by atoms with E-state index < -0.39 is 0 Å². The van der Waals surface area contributed by atoms with Crippen molar-refractivity contribution in [2.24, 2.45) is 0 Å². The molecule has 0 aliphatic carbocycles. The second-order valence-electron chi connectivity index (χ2n) is 5.13. The van der Waals surface area contributed by atoms with E-state index >= 15 is 0 Å². The van der Waals surface area contributed by atoms with E-state index in [9.17, 15) is 0 Å². The molecule has 0 aliphatic rings. The first-order valence-electron chi connectivity index (χ1n) is 7.00. The minimum absolute atomic E-state index is 0.572. The molecule has 18 heavy (non-hydrogen) atoms. The van der Waals surface area contributed by atoms with Crippen molar-refractivity contribution >= 4 is 0 Å². The Hall–Kier alpha value is -0.930. The third-order valence-corrected chi connectivity index (χ3v) is 3.24. The largest absolute Gasteiger partial charge is 0.314 e. The molecule has 1 unspecified atom stereocenters. The van der Waals surface area contributed by atoms with Crippen LogP contribution in [0, 0.1) is 0 Å². The van der Waals surface area contributed by atoms with Gasteiger partial charge in [0.2, 0.25) is 0 Å². The summed E-state index contributed by atoms with van der Waals surface area (Å²) in [6.07, 6.45) is 3.05. The van der Waals surface area contributed by atoms with E-state index in [1.165, 1.54) is 6.42 Å². The smallest absolute Gasteiger partial charge is 0.0544 e. The fraction of sp³-hybridized carbons (Fsp3) is 0.667. The van der Waals surface area contributed by atoms with E-state index in [0.717, 1.165) is 25.3 Å². The summed E-state index contributed by atoms with van der Waals surface area (Å²) in [7, 11) is 0. The van der Waals surface area contributed by atoms with Gasteiger partial charge in [0.25, 0.3) is 0 Å². The lowest BCUT2D eigenvalue weighted by molar-refractivity contribution is 0.197. The van der Waals surface area contributed by atoms with E-state index in [-0.39, 0.29) is 0 Å². The Morgan fingerprint density at radius 1 is 1.28 bits per heavy atom. The molecule has 102 valence electrons. The summed E-state index contributed by atoms with van der Waals surface area (Å²) in [4.78, 5) is 6.88. The minimum Gasteiger partial charge on any atom is -0.314 e. The van der Waals surface area contributed by atoms with E-state index in [1.807, 2.05) is 12.3 Å². The fourth-order valence-electron chi connectivity index (χ4n) is 2.04. The van der Waals surface area contributed by atoms with Crippen LogP contribution in [0.25, 0.3) is 0 Å². The summed E-state index contributed by atoms with van der Waals surface area (Å²) < 4.78 is 0. The third kappa shape index (κ3) is 5.61. The highest BCUT2D eigenvalue weighted by molar-refractivity contribution is 5.03. The SMILES string of the molecule is CCN(Cc1ccccn1)C(C)CCNC(C)C. The maximum Gasteiger partial charge on any atom is 0.0544 e. The van der Waals surface area contributed by atoms with Crippen LogP contribution in [0.1, 0.15) is 39.8 Å². The molecular weight excluding hydrogens is 222 g/mol.